The first-order chi connectivity index (χ1) is 23.7. The zero-order valence-corrected chi connectivity index (χ0v) is 28.8. The second-order valence-corrected chi connectivity index (χ2v) is 17.5. The van der Waals surface area contributed by atoms with E-state index in [9.17, 15) is 0 Å². The first-order valence-corrected chi connectivity index (χ1v) is 19.9. The number of fused-ring (bicyclic) bond motifs is 2. The van der Waals surface area contributed by atoms with E-state index in [0.717, 1.165) is 0 Å². The molecule has 0 nitrogen and oxygen atoms in total. The number of benzene rings is 8. The predicted molar refractivity (Wildman–Crippen MR) is 214 cm³/mol. The van der Waals surface area contributed by atoms with Gasteiger partial charge in [0.25, 0.3) is 0 Å². The molecule has 0 aliphatic heterocycles. The highest BCUT2D eigenvalue weighted by molar-refractivity contribution is 8.25. The van der Waals surface area contributed by atoms with E-state index in [-0.39, 0.29) is 5.25 Å². The zero-order valence-electron chi connectivity index (χ0n) is 26.3. The monoisotopic (exact) mass is 668 g/mol. The van der Waals surface area contributed by atoms with Gasteiger partial charge in [-0.3, -0.25) is 0 Å². The van der Waals surface area contributed by atoms with E-state index in [2.05, 4.69) is 194 Å². The van der Waals surface area contributed by atoms with Gasteiger partial charge in [-0.25, -0.2) is 0 Å². The lowest BCUT2D eigenvalue weighted by Crippen LogP contribution is -2.26. The van der Waals surface area contributed by atoms with Crippen LogP contribution in [0.25, 0.3) is 32.7 Å². The highest BCUT2D eigenvalue weighted by Crippen LogP contribution is 2.52. The summed E-state index contributed by atoms with van der Waals surface area (Å²) in [7, 11) is 0. The van der Waals surface area contributed by atoms with Crippen molar-refractivity contribution in [3.05, 3.63) is 205 Å². The second kappa shape index (κ2) is 13.4. The molecule has 8 aromatic rings. The van der Waals surface area contributed by atoms with Crippen LogP contribution in [0, 0.1) is 0 Å². The lowest BCUT2D eigenvalue weighted by molar-refractivity contribution is 1.15. The number of thioether (sulfide) groups is 1. The molecule has 8 rings (SSSR count). The maximum Gasteiger partial charge on any atom is 0.0594 e. The van der Waals surface area contributed by atoms with Crippen molar-refractivity contribution in [2.24, 2.45) is 0 Å². The molecule has 230 valence electrons. The van der Waals surface area contributed by atoms with Gasteiger partial charge in [0.2, 0.25) is 0 Å². The maximum atomic E-state index is 7.06. The van der Waals surface area contributed by atoms with Gasteiger partial charge in [0, 0.05) is 27.4 Å². The van der Waals surface area contributed by atoms with Crippen molar-refractivity contribution in [3.8, 4) is 11.1 Å². The quantitative estimate of drug-likeness (QED) is 0.117. The molecule has 0 aliphatic rings. The molecule has 0 amide bonds. The van der Waals surface area contributed by atoms with Crippen LogP contribution in [0.4, 0.5) is 0 Å². The smallest absolute Gasteiger partial charge is 0.0594 e. The normalized spacial score (nSPS) is 11.7. The Bertz CT molecular complexity index is 2310. The van der Waals surface area contributed by atoms with E-state index >= 15 is 0 Å². The third kappa shape index (κ3) is 5.61. The van der Waals surface area contributed by atoms with Crippen LogP contribution >= 0.6 is 17.8 Å². The standard InChI is InChI=1S/C45H33PS2/c47-46(37-23-9-3-10-24-37,38-25-11-4-12-26-38)41-31-29-33-17-13-15-27-39(33)43(41)44-40-28-16-14-18-34(40)30-32-42(44)48-45(35-19-5-1-6-20-35)36-21-7-2-8-22-36/h1-32,45H. The molecule has 0 saturated heterocycles. The maximum absolute atomic E-state index is 7.06. The van der Waals surface area contributed by atoms with Crippen LogP contribution in [-0.4, -0.2) is 0 Å². The van der Waals surface area contributed by atoms with E-state index < -0.39 is 6.04 Å². The summed E-state index contributed by atoms with van der Waals surface area (Å²) in [6, 6.07) is 67.7. The van der Waals surface area contributed by atoms with Gasteiger partial charge in [-0.15, -0.1) is 11.8 Å². The van der Waals surface area contributed by atoms with Crippen LogP contribution in [0.1, 0.15) is 16.4 Å². The van der Waals surface area contributed by atoms with Crippen molar-refractivity contribution in [2.75, 3.05) is 0 Å². The third-order valence-corrected chi connectivity index (χ3v) is 15.4. The minimum absolute atomic E-state index is 0.108. The minimum atomic E-state index is -2.51. The van der Waals surface area contributed by atoms with Crippen molar-refractivity contribution in [2.45, 2.75) is 10.1 Å². The van der Waals surface area contributed by atoms with Crippen molar-refractivity contribution in [3.63, 3.8) is 0 Å². The molecule has 0 atom stereocenters. The van der Waals surface area contributed by atoms with Gasteiger partial charge in [-0.05, 0) is 49.3 Å². The van der Waals surface area contributed by atoms with Crippen LogP contribution < -0.4 is 15.9 Å². The Morgan fingerprint density at radius 3 is 1.33 bits per heavy atom. The second-order valence-electron chi connectivity index (χ2n) is 11.9. The van der Waals surface area contributed by atoms with Crippen molar-refractivity contribution >= 4 is 67.1 Å². The molecule has 0 heterocycles. The molecule has 0 fully saturated rings. The summed E-state index contributed by atoms with van der Waals surface area (Å²) in [5, 5.41) is 8.63. The topological polar surface area (TPSA) is 0 Å². The van der Waals surface area contributed by atoms with E-state index in [1.165, 1.54) is 64.6 Å². The van der Waals surface area contributed by atoms with Gasteiger partial charge in [0.05, 0.1) is 5.25 Å². The van der Waals surface area contributed by atoms with Crippen LogP contribution in [0.2, 0.25) is 0 Å². The lowest BCUT2D eigenvalue weighted by atomic mass is 9.93. The predicted octanol–water partition coefficient (Wildman–Crippen LogP) is 11.3. The Balaban J connectivity index is 1.47. The Hall–Kier alpha value is -4.72. The molecule has 0 spiro atoms. The van der Waals surface area contributed by atoms with Gasteiger partial charge in [0.15, 0.2) is 0 Å². The van der Waals surface area contributed by atoms with Crippen molar-refractivity contribution in [1.29, 1.82) is 0 Å². The average molecular weight is 669 g/mol. The SMILES string of the molecule is S=P(c1ccccc1)(c1ccccc1)c1ccc2ccccc2c1-c1c(SC(c2ccccc2)c2ccccc2)ccc2ccccc12. The molecule has 3 heteroatoms. The summed E-state index contributed by atoms with van der Waals surface area (Å²) in [6.07, 6.45) is 0. The fraction of sp³-hybridized carbons (Fsp3) is 0.0222. The summed E-state index contributed by atoms with van der Waals surface area (Å²) in [6.45, 7) is 0. The van der Waals surface area contributed by atoms with E-state index in [4.69, 9.17) is 11.8 Å². The highest BCUT2D eigenvalue weighted by Gasteiger charge is 2.31. The van der Waals surface area contributed by atoms with Gasteiger partial charge in [0.1, 0.15) is 0 Å². The zero-order chi connectivity index (χ0) is 32.3. The Morgan fingerprint density at radius 2 is 0.812 bits per heavy atom. The minimum Gasteiger partial charge on any atom is -0.112 e. The summed E-state index contributed by atoms with van der Waals surface area (Å²) >= 11 is 8.99. The molecule has 0 saturated carbocycles. The fourth-order valence-electron chi connectivity index (χ4n) is 6.81. The van der Waals surface area contributed by atoms with E-state index in [0.29, 0.717) is 0 Å². The Kier molecular flexibility index (Phi) is 8.55. The molecule has 8 aromatic carbocycles. The van der Waals surface area contributed by atoms with Gasteiger partial charge in [-0.1, -0.05) is 200 Å². The number of hydrogen-bond acceptors (Lipinski definition) is 2. The van der Waals surface area contributed by atoms with Crippen LogP contribution in [-0.2, 0) is 11.8 Å². The molecule has 0 aromatic heterocycles. The van der Waals surface area contributed by atoms with Crippen LogP contribution in [0.5, 0.6) is 0 Å². The van der Waals surface area contributed by atoms with Crippen molar-refractivity contribution in [1.82, 2.24) is 0 Å². The van der Waals surface area contributed by atoms with Crippen LogP contribution in [0.3, 0.4) is 0 Å². The lowest BCUT2D eigenvalue weighted by Gasteiger charge is -2.29. The summed E-state index contributed by atoms with van der Waals surface area (Å²) in [4.78, 5) is 1.24. The molecule has 0 aliphatic carbocycles. The molecule has 0 N–H and O–H groups in total. The average Bonchev–Trinajstić information content (AvgIpc) is 3.17. The first kappa shape index (κ1) is 30.6. The van der Waals surface area contributed by atoms with Crippen molar-refractivity contribution < 1.29 is 0 Å². The number of hydrogen-bond donors (Lipinski definition) is 0. The highest BCUT2D eigenvalue weighted by atomic mass is 32.4. The third-order valence-electron chi connectivity index (χ3n) is 9.08. The molecule has 0 radical (unpaired) electrons. The molecular weight excluding hydrogens is 636 g/mol. The number of rotatable bonds is 8. The molecule has 48 heavy (non-hydrogen) atoms. The Morgan fingerprint density at radius 1 is 0.396 bits per heavy atom. The molecule has 0 unspecified atom stereocenters. The summed E-state index contributed by atoms with van der Waals surface area (Å²) in [5.41, 5.74) is 5.06. The Labute approximate surface area is 292 Å². The van der Waals surface area contributed by atoms with Gasteiger partial charge < -0.3 is 0 Å². The fourth-order valence-corrected chi connectivity index (χ4v) is 12.2. The van der Waals surface area contributed by atoms with E-state index in [1.54, 1.807) is 0 Å². The first-order valence-electron chi connectivity index (χ1n) is 16.2. The summed E-state index contributed by atoms with van der Waals surface area (Å²) in [5.74, 6) is 0. The molecule has 0 bridgehead atoms. The summed E-state index contributed by atoms with van der Waals surface area (Å²) < 4.78 is 0. The van der Waals surface area contributed by atoms with Crippen LogP contribution in [0.15, 0.2) is 199 Å². The van der Waals surface area contributed by atoms with E-state index in [1.807, 2.05) is 11.8 Å². The van der Waals surface area contributed by atoms with Gasteiger partial charge in [-0.2, -0.15) is 0 Å². The largest absolute Gasteiger partial charge is 0.112 e. The molecular formula is C45H33PS2. The van der Waals surface area contributed by atoms with Gasteiger partial charge >= 0.3 is 0 Å².